The highest BCUT2D eigenvalue weighted by atomic mass is 16.4. The molecule has 16 atom stereocenters. The Balaban J connectivity index is 2.07. The fraction of sp³-hybridized carbons (Fsp3) is 0.587. The van der Waals surface area contributed by atoms with Crippen molar-refractivity contribution in [1.82, 2.24) is 68.8 Å². The second-order valence-corrected chi connectivity index (χ2v) is 28.7. The summed E-state index contributed by atoms with van der Waals surface area (Å²) in [6.07, 6.45) is 0.401. The number of guanidine groups is 3. The number of nitrogens with two attached hydrogens (primary N) is 8. The Labute approximate surface area is 678 Å². The quantitative estimate of drug-likeness (QED) is 0.0142. The lowest BCUT2D eigenvalue weighted by atomic mass is 9.95. The number of hydrogen-bond acceptors (Lipinski definition) is 21. The van der Waals surface area contributed by atoms with E-state index < -0.39 is 199 Å². The van der Waals surface area contributed by atoms with Gasteiger partial charge in [0.2, 0.25) is 70.9 Å². The van der Waals surface area contributed by atoms with Crippen LogP contribution < -0.4 is 110 Å². The number of aliphatic hydroxyl groups is 2. The zero-order valence-electron chi connectivity index (χ0n) is 67.3. The average molecular weight is 1650 g/mol. The standard InChI is InChI=1S/C75H122N24O18/c1-8-39(4)57(96-63(107)49(27-19-31-85-74(80)81)90-61(105)46(77)24-16-17-29-76)68(112)88-37-55(102)89-52(34-44-36-87-47-25-15-14-23-45(44)47)65(109)91-48(26-18-30-84-73(78)79)62(106)93-51(33-43-21-12-11-13-22-43)66(110)98-58(40(5)9-2)69(113)92-50(28-20-32-86-75(82)83)64(108)97-59(41(6)10-3)70(114)94-53(35-56(103)104)67(111)99-60(42(7)101)71(115)95-54(38-100)72(116)117/h11-15,21-23,25,36,39-42,46,48-54,57-60,87,100-101H,8-10,16-20,24,26-35,37-38,76-77H2,1-7H3,(H,88,112)(H,89,102)(H,90,105)(H,91,109)(H,92,113)(H,93,106)(H,94,114)(H,95,115)(H,96,107)(H,97,108)(H,98,110)(H,99,111)(H,103,104)(H,116,117)(H4,78,79,84)(H4,80,81,85)(H4,82,83,86)/t39-,40-,41-,42+,46-,48-,49-,50-,51-,52-,53-,54-,57-,58-,59-,60-/m0/s1. The van der Waals surface area contributed by atoms with Crippen molar-refractivity contribution in [3.05, 3.63) is 71.9 Å². The minimum atomic E-state index is -2.01. The first-order valence-corrected chi connectivity index (χ1v) is 38.9. The van der Waals surface area contributed by atoms with Gasteiger partial charge in [-0.05, 0) is 99.8 Å². The van der Waals surface area contributed by atoms with Crippen LogP contribution in [0.15, 0.2) is 75.8 Å². The molecule has 0 fully saturated rings. The van der Waals surface area contributed by atoms with Crippen molar-refractivity contribution in [3.8, 4) is 0 Å². The number of nitrogens with one attached hydrogen (secondary N) is 13. The van der Waals surface area contributed by atoms with Crippen LogP contribution in [0.1, 0.15) is 143 Å². The maximum absolute atomic E-state index is 15.1. The zero-order chi connectivity index (χ0) is 87.6. The van der Waals surface area contributed by atoms with Crippen molar-refractivity contribution in [3.63, 3.8) is 0 Å². The Bertz CT molecular complexity index is 3870. The third-order valence-electron chi connectivity index (χ3n) is 19.4. The number of aromatic nitrogens is 1. The van der Waals surface area contributed by atoms with Crippen molar-refractivity contribution in [2.45, 2.75) is 223 Å². The highest BCUT2D eigenvalue weighted by molar-refractivity contribution is 6.00. The third-order valence-corrected chi connectivity index (χ3v) is 19.4. The summed E-state index contributed by atoms with van der Waals surface area (Å²) >= 11 is 0. The van der Waals surface area contributed by atoms with E-state index in [1.165, 1.54) is 6.92 Å². The summed E-state index contributed by atoms with van der Waals surface area (Å²) in [4.78, 5) is 211. The third kappa shape index (κ3) is 35.5. The Hall–Kier alpha value is -11.8. The molecule has 3 aromatic rings. The van der Waals surface area contributed by atoms with E-state index in [1.807, 2.05) is 5.32 Å². The molecule has 0 saturated heterocycles. The highest BCUT2D eigenvalue weighted by Crippen LogP contribution is 2.21. The lowest BCUT2D eigenvalue weighted by molar-refractivity contribution is -0.145. The van der Waals surface area contributed by atoms with Crippen molar-refractivity contribution >= 4 is 112 Å². The lowest BCUT2D eigenvalue weighted by Gasteiger charge is -2.31. The number of aromatic amines is 1. The number of carbonyl (C=O) groups is 14. The van der Waals surface area contributed by atoms with Crippen LogP contribution in [0.2, 0.25) is 0 Å². The number of aliphatic carboxylic acids is 2. The summed E-state index contributed by atoms with van der Waals surface area (Å²) in [5, 5.41) is 70.3. The molecule has 650 valence electrons. The van der Waals surface area contributed by atoms with Crippen LogP contribution in [0.4, 0.5) is 0 Å². The summed E-state index contributed by atoms with van der Waals surface area (Å²) in [6, 6.07) is -3.05. The average Bonchev–Trinajstić information content (AvgIpc) is 1.72. The number of aliphatic imine (C=N–C) groups is 3. The Morgan fingerprint density at radius 3 is 1.29 bits per heavy atom. The number of nitrogens with zero attached hydrogens (tertiary/aromatic N) is 3. The minimum Gasteiger partial charge on any atom is -0.481 e. The van der Waals surface area contributed by atoms with Crippen molar-refractivity contribution in [2.75, 3.05) is 39.3 Å². The zero-order valence-corrected chi connectivity index (χ0v) is 67.3. The van der Waals surface area contributed by atoms with Crippen LogP contribution in [0.5, 0.6) is 0 Å². The summed E-state index contributed by atoms with van der Waals surface area (Å²) < 4.78 is 0. The number of rotatable bonds is 55. The van der Waals surface area contributed by atoms with Crippen LogP contribution in [-0.4, -0.2) is 244 Å². The fourth-order valence-corrected chi connectivity index (χ4v) is 12.0. The topological polar surface area (TPSA) is 725 Å². The number of aliphatic hydroxyl groups excluding tert-OH is 2. The number of benzene rings is 2. The molecule has 0 aliphatic carbocycles. The van der Waals surface area contributed by atoms with Gasteiger partial charge in [0.05, 0.1) is 31.7 Å². The van der Waals surface area contributed by atoms with Crippen LogP contribution >= 0.6 is 0 Å². The van der Waals surface area contributed by atoms with Gasteiger partial charge in [-0.25, -0.2) is 4.79 Å². The van der Waals surface area contributed by atoms with Crippen molar-refractivity contribution in [1.29, 1.82) is 0 Å². The number of hydrogen-bond donors (Lipinski definition) is 25. The highest BCUT2D eigenvalue weighted by Gasteiger charge is 2.40. The number of carboxylic acid groups (broad SMARTS) is 2. The van der Waals surface area contributed by atoms with Gasteiger partial charge in [0.1, 0.15) is 66.5 Å². The lowest BCUT2D eigenvalue weighted by Crippen LogP contribution is -2.62. The summed E-state index contributed by atoms with van der Waals surface area (Å²) in [5.41, 5.74) is 47.1. The van der Waals surface area contributed by atoms with E-state index in [2.05, 4.69) is 78.4 Å². The monoisotopic (exact) mass is 1650 g/mol. The molecule has 42 heteroatoms. The SMILES string of the molecule is CC[C@H](C)[C@H](NC(=O)[C@H](CCCN=C(N)N)NC(=O)[C@@H](N)CCCCN)C(=O)NCC(=O)N[C@@H](Cc1c[nH]c2ccccc12)C(=O)N[C@@H](CCCN=C(N)N)C(=O)N[C@@H](Cc1ccccc1)C(=O)N[C@H](C(=O)N[C@@H](CCCN=C(N)N)C(=O)N[C@H](C(=O)N[C@@H](CC(=O)O)C(=O)N[C@H](C(=O)N[C@@H](CO)C(=O)O)[C@@H](C)O)[C@@H](C)CC)[C@@H](C)CC. The number of fused-ring (bicyclic) bond motifs is 1. The van der Waals surface area contributed by atoms with Gasteiger partial charge in [-0.2, -0.15) is 0 Å². The molecule has 42 nitrogen and oxygen atoms in total. The first-order valence-electron chi connectivity index (χ1n) is 38.9. The van der Waals surface area contributed by atoms with Gasteiger partial charge in [-0.1, -0.05) is 116 Å². The molecular formula is C75H122N24O18. The number of H-pyrrole nitrogens is 1. The molecule has 0 radical (unpaired) electrons. The van der Waals surface area contributed by atoms with Gasteiger partial charge in [-0.15, -0.1) is 0 Å². The number of amides is 12. The van der Waals surface area contributed by atoms with Gasteiger partial charge in [0.15, 0.2) is 17.9 Å². The molecular weight excluding hydrogens is 1520 g/mol. The van der Waals surface area contributed by atoms with Gasteiger partial charge in [0, 0.05) is 49.6 Å². The van der Waals surface area contributed by atoms with Crippen molar-refractivity contribution in [2.24, 2.45) is 78.6 Å². The predicted octanol–water partition coefficient (Wildman–Crippen LogP) is -5.91. The first kappa shape index (κ1) is 99.4. The molecule has 0 spiro atoms. The van der Waals surface area contributed by atoms with Crippen molar-refractivity contribution < 1.29 is 87.5 Å². The van der Waals surface area contributed by atoms with Gasteiger partial charge < -0.3 is 135 Å². The largest absolute Gasteiger partial charge is 0.481 e. The van der Waals surface area contributed by atoms with E-state index in [0.29, 0.717) is 47.8 Å². The maximum Gasteiger partial charge on any atom is 0.328 e. The Morgan fingerprint density at radius 1 is 0.436 bits per heavy atom. The van der Waals surface area contributed by atoms with Crippen LogP contribution in [-0.2, 0) is 80.0 Å². The van der Waals surface area contributed by atoms with E-state index in [-0.39, 0.29) is 108 Å². The second-order valence-electron chi connectivity index (χ2n) is 28.7. The molecule has 0 bridgehead atoms. The normalized spacial score (nSPS) is 15.2. The second kappa shape index (κ2) is 51.9. The summed E-state index contributed by atoms with van der Waals surface area (Å²) in [5.74, 6) is -17.7. The molecule has 0 unspecified atom stereocenters. The number of unbranched alkanes of at least 4 members (excludes halogenated alkanes) is 1. The molecule has 3 rings (SSSR count). The van der Waals surface area contributed by atoms with Gasteiger partial charge in [0.25, 0.3) is 0 Å². The Morgan fingerprint density at radius 2 is 0.829 bits per heavy atom. The summed E-state index contributed by atoms with van der Waals surface area (Å²) in [6.45, 7) is 9.51. The maximum atomic E-state index is 15.1. The Kier molecular flexibility index (Phi) is 44.1. The first-order chi connectivity index (χ1) is 55.4. The van der Waals surface area contributed by atoms with E-state index in [9.17, 15) is 73.2 Å². The number of carboxylic acids is 2. The molecule has 0 aliphatic rings. The number of para-hydroxylation sites is 1. The molecule has 1 aromatic heterocycles. The van der Waals surface area contributed by atoms with E-state index in [1.54, 1.807) is 95.4 Å². The van der Waals surface area contributed by atoms with Crippen LogP contribution in [0.25, 0.3) is 10.9 Å². The minimum absolute atomic E-state index is 0.0109. The molecule has 2 aromatic carbocycles. The fourth-order valence-electron chi connectivity index (χ4n) is 12.0. The predicted molar refractivity (Wildman–Crippen MR) is 434 cm³/mol. The van der Waals surface area contributed by atoms with Gasteiger partial charge in [-0.3, -0.25) is 77.3 Å². The smallest absolute Gasteiger partial charge is 0.328 e. The van der Waals surface area contributed by atoms with E-state index in [4.69, 9.17) is 45.9 Å². The molecule has 0 saturated carbocycles. The molecule has 0 aliphatic heterocycles. The van der Waals surface area contributed by atoms with E-state index >= 15 is 14.4 Å². The molecule has 117 heavy (non-hydrogen) atoms. The summed E-state index contributed by atoms with van der Waals surface area (Å²) in [7, 11) is 0. The number of carbonyl (C=O) groups excluding carboxylic acids is 12. The molecule has 33 N–H and O–H groups in total. The molecule has 1 heterocycles. The van der Waals surface area contributed by atoms with Gasteiger partial charge >= 0.3 is 11.9 Å². The molecule has 12 amide bonds. The van der Waals surface area contributed by atoms with Crippen LogP contribution in [0, 0.1) is 17.8 Å². The van der Waals surface area contributed by atoms with E-state index in [0.717, 1.165) is 6.92 Å². The van der Waals surface area contributed by atoms with Crippen LogP contribution in [0.3, 0.4) is 0 Å².